The molecule has 0 aromatic heterocycles. The second-order valence-electron chi connectivity index (χ2n) is 9.20. The molecule has 0 atom stereocenters. The lowest BCUT2D eigenvalue weighted by molar-refractivity contribution is -0.565. The summed E-state index contributed by atoms with van der Waals surface area (Å²) in [6.45, 7) is 6.84. The monoisotopic (exact) mass is 489 g/mol. The summed E-state index contributed by atoms with van der Waals surface area (Å²) in [5, 5.41) is 4.62. The molecule has 1 radical (unpaired) electrons. The highest BCUT2D eigenvalue weighted by molar-refractivity contribution is 7.92. The van der Waals surface area contributed by atoms with E-state index >= 15 is 0 Å². The van der Waals surface area contributed by atoms with Gasteiger partial charge in [0.1, 0.15) is 18.6 Å². The summed E-state index contributed by atoms with van der Waals surface area (Å²) in [5.74, 6) is 0.838. The number of para-hydroxylation sites is 1. The quantitative estimate of drug-likeness (QED) is 0.509. The molecule has 0 unspecified atom stereocenters. The first kappa shape index (κ1) is 23.3. The number of rotatable bonds is 5. The molecule has 7 heteroatoms. The maximum Gasteiger partial charge on any atom is 0.238 e. The highest BCUT2D eigenvalue weighted by Gasteiger charge is 2.36. The van der Waals surface area contributed by atoms with Gasteiger partial charge in [0, 0.05) is 30.7 Å². The van der Waals surface area contributed by atoms with Crippen LogP contribution < -0.4 is 9.46 Å². The molecule has 181 valence electrons. The van der Waals surface area contributed by atoms with E-state index in [1.165, 1.54) is 0 Å². The third-order valence-electron chi connectivity index (χ3n) is 6.29. The van der Waals surface area contributed by atoms with Gasteiger partial charge in [-0.25, -0.2) is 8.42 Å². The fourth-order valence-electron chi connectivity index (χ4n) is 4.83. The minimum absolute atomic E-state index is 0. The molecular formula is C28H31N3O3S+. The smallest absolute Gasteiger partial charge is 0.238 e. The maximum atomic E-state index is 11.9. The van der Waals surface area contributed by atoms with Gasteiger partial charge in [-0.05, 0) is 65.9 Å². The molecule has 0 saturated heterocycles. The normalized spacial score (nSPS) is 18.5. The molecule has 0 bridgehead atoms. The fourth-order valence-corrected chi connectivity index (χ4v) is 5.39. The third-order valence-corrected chi connectivity index (χ3v) is 6.89. The summed E-state index contributed by atoms with van der Waals surface area (Å²) in [5.41, 5.74) is 9.15. The van der Waals surface area contributed by atoms with Crippen LogP contribution in [0.4, 0.5) is 5.69 Å². The van der Waals surface area contributed by atoms with Crippen molar-refractivity contribution in [3.05, 3.63) is 101 Å². The van der Waals surface area contributed by atoms with Crippen molar-refractivity contribution in [3.63, 3.8) is 0 Å². The van der Waals surface area contributed by atoms with Crippen LogP contribution in [0.2, 0.25) is 0 Å². The summed E-state index contributed by atoms with van der Waals surface area (Å²) >= 11 is 0. The number of benzene rings is 2. The lowest BCUT2D eigenvalue weighted by Crippen LogP contribution is -2.19. The van der Waals surface area contributed by atoms with Gasteiger partial charge in [-0.3, -0.25) is 4.72 Å². The fraction of sp³-hybridized carbons (Fsp3) is 0.250. The Balaban J connectivity index is 0.00000304. The van der Waals surface area contributed by atoms with E-state index in [0.717, 1.165) is 63.1 Å². The van der Waals surface area contributed by atoms with Crippen molar-refractivity contribution in [1.82, 2.24) is 0 Å². The molecule has 2 heterocycles. The first-order valence-corrected chi connectivity index (χ1v) is 13.7. The third kappa shape index (κ3) is 4.48. The summed E-state index contributed by atoms with van der Waals surface area (Å²) in [6, 6.07) is 15.9. The van der Waals surface area contributed by atoms with E-state index in [2.05, 4.69) is 49.2 Å². The number of sulfonamides is 1. The van der Waals surface area contributed by atoms with Gasteiger partial charge in [-0.15, -0.1) is 0 Å². The summed E-state index contributed by atoms with van der Waals surface area (Å²) in [7, 11) is -3.38. The number of anilines is 1. The Labute approximate surface area is 208 Å². The van der Waals surface area contributed by atoms with Crippen LogP contribution in [0.3, 0.4) is 0 Å². The van der Waals surface area contributed by atoms with E-state index in [4.69, 9.17) is 4.74 Å². The van der Waals surface area contributed by atoms with E-state index in [-0.39, 0.29) is 7.47 Å². The van der Waals surface area contributed by atoms with Crippen molar-refractivity contribution < 1.29 is 19.3 Å². The Kier molecular flexibility index (Phi) is 5.97. The molecule has 2 aromatic rings. The lowest BCUT2D eigenvalue weighted by atomic mass is 9.80. The lowest BCUT2D eigenvalue weighted by Gasteiger charge is -2.22. The number of fused-ring (bicyclic) bond motifs is 2. The Bertz CT molecular complexity index is 1480. The molecule has 1 N–H and O–H groups in total. The molecule has 5 rings (SSSR count). The van der Waals surface area contributed by atoms with E-state index in [1.807, 2.05) is 47.3 Å². The van der Waals surface area contributed by atoms with Crippen LogP contribution in [-0.4, -0.2) is 32.0 Å². The number of allylic oxidation sites excluding steroid dienone is 4. The molecular weight excluding hydrogens is 458 g/mol. The topological polar surface area (TPSA) is 70.8 Å². The standard InChI is InChI=1S/C28H29N3O3S.H2/c1-5-23(19-9-8-10-22(13-19)30-35(4,32)33)28-24-11-6-7-12-27(24)34-17-21-15-26-20(14-25(21)28)16-29-31(26)18(2)3;/h6-16,18,30H,5,17H2,1-4H3;1H/q+1;/b28-23+;. The Morgan fingerprint density at radius 1 is 1.20 bits per heavy atom. The van der Waals surface area contributed by atoms with Gasteiger partial charge < -0.3 is 4.74 Å². The van der Waals surface area contributed by atoms with Crippen molar-refractivity contribution in [2.45, 2.75) is 33.2 Å². The van der Waals surface area contributed by atoms with Crippen molar-refractivity contribution in [2.75, 3.05) is 17.6 Å². The van der Waals surface area contributed by atoms with Crippen molar-refractivity contribution in [3.8, 4) is 5.75 Å². The number of hydrogen-bond acceptors (Lipinski definition) is 4. The molecule has 0 fully saturated rings. The van der Waals surface area contributed by atoms with E-state index < -0.39 is 10.0 Å². The minimum Gasteiger partial charge on any atom is -0.488 e. The van der Waals surface area contributed by atoms with Gasteiger partial charge in [0.05, 0.1) is 11.8 Å². The minimum atomic E-state index is -3.38. The molecule has 0 spiro atoms. The van der Waals surface area contributed by atoms with E-state index in [1.54, 1.807) is 6.07 Å². The summed E-state index contributed by atoms with van der Waals surface area (Å²) < 4.78 is 34.6. The average molecular weight is 490 g/mol. The molecule has 1 aliphatic carbocycles. The first-order chi connectivity index (χ1) is 16.7. The van der Waals surface area contributed by atoms with Crippen LogP contribution >= 0.6 is 0 Å². The first-order valence-electron chi connectivity index (χ1n) is 11.8. The molecule has 35 heavy (non-hydrogen) atoms. The molecule has 0 amide bonds. The zero-order valence-electron chi connectivity index (χ0n) is 20.4. The van der Waals surface area contributed by atoms with Gasteiger partial charge >= 0.3 is 0 Å². The van der Waals surface area contributed by atoms with Crippen LogP contribution in [0.5, 0.6) is 5.75 Å². The van der Waals surface area contributed by atoms with Crippen LogP contribution in [0.25, 0.3) is 11.1 Å². The largest absolute Gasteiger partial charge is 0.488 e. The summed E-state index contributed by atoms with van der Waals surface area (Å²) in [4.78, 5) is 0. The van der Waals surface area contributed by atoms with Crippen LogP contribution in [0.1, 0.15) is 39.7 Å². The average Bonchev–Trinajstić information content (AvgIpc) is 3.16. The zero-order valence-corrected chi connectivity index (χ0v) is 21.2. The number of hydrogen-bond donors (Lipinski definition) is 1. The van der Waals surface area contributed by atoms with Crippen molar-refractivity contribution in [2.24, 2.45) is 5.11 Å². The van der Waals surface area contributed by atoms with Gasteiger partial charge in [0.2, 0.25) is 15.7 Å². The van der Waals surface area contributed by atoms with Crippen molar-refractivity contribution in [1.29, 1.82) is 0 Å². The second kappa shape index (κ2) is 8.96. The SMILES string of the molecule is CC/C(=C1\C2=C(C=C3C(=CN=[N+]3C(C)C)[CH]2)COc2ccccc21)c1cccc(NS(C)(=O)=O)c1.[HH]. The Morgan fingerprint density at radius 2 is 2.00 bits per heavy atom. The number of nitrogens with zero attached hydrogens (tertiary/aromatic N) is 2. The second-order valence-corrected chi connectivity index (χ2v) is 10.9. The van der Waals surface area contributed by atoms with Gasteiger partial charge in [0.15, 0.2) is 6.04 Å². The van der Waals surface area contributed by atoms with Gasteiger partial charge in [0.25, 0.3) is 0 Å². The Morgan fingerprint density at radius 3 is 2.74 bits per heavy atom. The maximum absolute atomic E-state index is 11.9. The highest BCUT2D eigenvalue weighted by Crippen LogP contribution is 2.47. The predicted molar refractivity (Wildman–Crippen MR) is 141 cm³/mol. The number of nitrogens with one attached hydrogen (secondary N) is 1. The van der Waals surface area contributed by atoms with Crippen molar-refractivity contribution >= 4 is 26.9 Å². The van der Waals surface area contributed by atoms with E-state index in [0.29, 0.717) is 12.3 Å². The molecule has 2 aliphatic heterocycles. The van der Waals surface area contributed by atoms with Crippen LogP contribution in [-0.2, 0) is 10.0 Å². The Hall–Kier alpha value is -3.45. The molecule has 6 nitrogen and oxygen atoms in total. The molecule has 3 aliphatic rings. The van der Waals surface area contributed by atoms with Gasteiger partial charge in [-0.1, -0.05) is 42.0 Å². The number of ether oxygens (including phenoxy) is 1. The number of azo groups is 2. The molecule has 0 saturated carbocycles. The van der Waals surface area contributed by atoms with Gasteiger partial charge in [-0.2, -0.15) is 0 Å². The zero-order chi connectivity index (χ0) is 24.7. The molecule has 2 aromatic carbocycles. The highest BCUT2D eigenvalue weighted by atomic mass is 32.2. The predicted octanol–water partition coefficient (Wildman–Crippen LogP) is 6.19. The van der Waals surface area contributed by atoms with E-state index in [9.17, 15) is 8.42 Å². The summed E-state index contributed by atoms with van der Waals surface area (Å²) in [6.07, 6.45) is 8.25. The van der Waals surface area contributed by atoms with Crippen LogP contribution in [0.15, 0.2) is 88.3 Å². The van der Waals surface area contributed by atoms with Crippen LogP contribution in [0, 0.1) is 6.42 Å².